The molecule has 2 aliphatic heterocycles. The monoisotopic (exact) mass is 399 g/mol. The molecule has 3 rings (SSSR count). The van der Waals surface area contributed by atoms with Crippen LogP contribution >= 0.6 is 0 Å². The fraction of sp³-hybridized carbons (Fsp3) is 0.609. The maximum absolute atomic E-state index is 13.3. The Morgan fingerprint density at radius 1 is 1.21 bits per heavy atom. The normalized spacial score (nSPS) is 22.7. The van der Waals surface area contributed by atoms with E-state index in [1.54, 1.807) is 4.90 Å². The van der Waals surface area contributed by atoms with Gasteiger partial charge in [0.2, 0.25) is 5.91 Å². The van der Waals surface area contributed by atoms with Crippen LogP contribution < -0.4 is 10.6 Å². The van der Waals surface area contributed by atoms with Gasteiger partial charge in [-0.3, -0.25) is 14.4 Å². The molecule has 2 heterocycles. The maximum atomic E-state index is 13.3. The van der Waals surface area contributed by atoms with E-state index in [0.29, 0.717) is 25.1 Å². The van der Waals surface area contributed by atoms with Crippen LogP contribution in [0.1, 0.15) is 63.4 Å². The zero-order valence-corrected chi connectivity index (χ0v) is 18.1. The quantitative estimate of drug-likeness (QED) is 0.796. The summed E-state index contributed by atoms with van der Waals surface area (Å²) in [6.45, 7) is 11.3. The van der Waals surface area contributed by atoms with Gasteiger partial charge in [0.05, 0.1) is 6.54 Å². The Hall–Kier alpha value is -2.21. The number of hydrogen-bond donors (Lipinski definition) is 2. The van der Waals surface area contributed by atoms with Crippen molar-refractivity contribution in [1.29, 1.82) is 0 Å². The largest absolute Gasteiger partial charge is 0.340 e. The molecule has 2 N–H and O–H groups in total. The van der Waals surface area contributed by atoms with E-state index in [1.165, 1.54) is 0 Å². The van der Waals surface area contributed by atoms with Gasteiger partial charge >= 0.3 is 0 Å². The summed E-state index contributed by atoms with van der Waals surface area (Å²) in [5, 5.41) is 6.12. The van der Waals surface area contributed by atoms with Gasteiger partial charge in [-0.25, -0.2) is 0 Å². The van der Waals surface area contributed by atoms with Crippen LogP contribution in [0.2, 0.25) is 0 Å². The molecule has 2 aliphatic rings. The van der Waals surface area contributed by atoms with Crippen LogP contribution in [0, 0.1) is 5.92 Å². The number of carbonyl (C=O) groups is 3. The predicted octanol–water partition coefficient (Wildman–Crippen LogP) is 2.27. The highest BCUT2D eigenvalue weighted by Crippen LogP contribution is 2.25. The van der Waals surface area contributed by atoms with Gasteiger partial charge in [-0.15, -0.1) is 0 Å². The average Bonchev–Trinajstić information content (AvgIpc) is 3.23. The average molecular weight is 400 g/mol. The molecule has 0 bridgehead atoms. The van der Waals surface area contributed by atoms with Crippen molar-refractivity contribution < 1.29 is 14.4 Å². The molecule has 29 heavy (non-hydrogen) atoms. The van der Waals surface area contributed by atoms with Gasteiger partial charge in [-0.05, 0) is 41.9 Å². The molecule has 0 radical (unpaired) electrons. The van der Waals surface area contributed by atoms with Crippen LogP contribution in [-0.2, 0) is 15.0 Å². The topological polar surface area (TPSA) is 78.5 Å². The molecular formula is C23H33N3O3. The fourth-order valence-electron chi connectivity index (χ4n) is 4.24. The smallest absolute Gasteiger partial charge is 0.251 e. The second-order valence-corrected chi connectivity index (χ2v) is 9.70. The molecule has 0 saturated carbocycles. The van der Waals surface area contributed by atoms with Crippen LogP contribution in [0.3, 0.4) is 0 Å². The van der Waals surface area contributed by atoms with E-state index in [9.17, 15) is 14.4 Å². The molecule has 1 aromatic rings. The van der Waals surface area contributed by atoms with E-state index in [-0.39, 0.29) is 41.0 Å². The molecule has 0 spiro atoms. The van der Waals surface area contributed by atoms with Gasteiger partial charge in [0.1, 0.15) is 12.1 Å². The van der Waals surface area contributed by atoms with Gasteiger partial charge in [0.25, 0.3) is 5.91 Å². The van der Waals surface area contributed by atoms with Crippen molar-refractivity contribution in [3.8, 4) is 0 Å². The molecule has 3 atom stereocenters. The number of benzene rings is 1. The summed E-state index contributed by atoms with van der Waals surface area (Å²) in [4.78, 5) is 40.0. The van der Waals surface area contributed by atoms with Crippen molar-refractivity contribution in [2.45, 2.75) is 71.0 Å². The van der Waals surface area contributed by atoms with Gasteiger partial charge in [-0.2, -0.15) is 0 Å². The first-order chi connectivity index (χ1) is 13.6. The molecule has 6 nitrogen and oxygen atoms in total. The number of nitrogens with one attached hydrogen (secondary N) is 2. The highest BCUT2D eigenvalue weighted by Gasteiger charge is 2.46. The number of carbonyl (C=O) groups excluding carboxylic acids is 3. The van der Waals surface area contributed by atoms with E-state index in [0.717, 1.165) is 12.0 Å². The van der Waals surface area contributed by atoms with Crippen molar-refractivity contribution in [2.24, 2.45) is 5.92 Å². The first kappa shape index (κ1) is 21.5. The third-order valence-electron chi connectivity index (χ3n) is 5.87. The molecule has 6 heteroatoms. The van der Waals surface area contributed by atoms with Crippen LogP contribution in [0.15, 0.2) is 24.3 Å². The van der Waals surface area contributed by atoms with E-state index >= 15 is 0 Å². The number of hydrogen-bond acceptors (Lipinski definition) is 4. The third-order valence-corrected chi connectivity index (χ3v) is 5.87. The molecule has 2 amide bonds. The lowest BCUT2D eigenvalue weighted by Crippen LogP contribution is -2.52. The Morgan fingerprint density at radius 3 is 2.45 bits per heavy atom. The lowest BCUT2D eigenvalue weighted by molar-refractivity contribution is -0.138. The Labute approximate surface area is 173 Å². The number of fused-ring (bicyclic) bond motifs is 1. The predicted molar refractivity (Wildman–Crippen MR) is 113 cm³/mol. The van der Waals surface area contributed by atoms with Gasteiger partial charge < -0.3 is 15.5 Å². The number of ketones is 1. The number of Topliss-reactive ketones (excluding diaryl/α,β-unsaturated/α-hetero) is 1. The second-order valence-electron chi connectivity index (χ2n) is 9.70. The Bertz CT molecular complexity index is 780. The third kappa shape index (κ3) is 4.69. The standard InChI is InChI=1S/C23H33N3O3/c1-14(2)12-18(22(29)26-11-10-17-20(26)19(27)13-24-17)25-21(28)15-6-8-16(9-7-15)23(3,4)5/h6-9,14,17-18,20,24H,10-13H2,1-5H3,(H,25,28)/t17-,18+,20+/m1/s1. The maximum Gasteiger partial charge on any atom is 0.251 e. The van der Waals surface area contributed by atoms with Gasteiger partial charge in [0.15, 0.2) is 5.78 Å². The van der Waals surface area contributed by atoms with Gasteiger partial charge in [0, 0.05) is 18.2 Å². The Balaban J connectivity index is 1.74. The van der Waals surface area contributed by atoms with E-state index < -0.39 is 6.04 Å². The molecule has 0 aliphatic carbocycles. The SMILES string of the molecule is CC(C)C[C@H](NC(=O)c1ccc(C(C)(C)C)cc1)C(=O)N1CC[C@H]2NCC(=O)[C@H]21. The Kier molecular flexibility index (Phi) is 6.13. The van der Waals surface area contributed by atoms with E-state index in [2.05, 4.69) is 31.4 Å². The van der Waals surface area contributed by atoms with Gasteiger partial charge in [-0.1, -0.05) is 46.8 Å². The zero-order chi connectivity index (χ0) is 21.3. The Morgan fingerprint density at radius 2 is 1.86 bits per heavy atom. The van der Waals surface area contributed by atoms with Crippen molar-refractivity contribution in [3.05, 3.63) is 35.4 Å². The summed E-state index contributed by atoms with van der Waals surface area (Å²) in [7, 11) is 0. The number of nitrogens with zero attached hydrogens (tertiary/aromatic N) is 1. The summed E-state index contributed by atoms with van der Waals surface area (Å²) >= 11 is 0. The van der Waals surface area contributed by atoms with Crippen molar-refractivity contribution >= 4 is 17.6 Å². The highest BCUT2D eigenvalue weighted by molar-refractivity contribution is 5.99. The van der Waals surface area contributed by atoms with Crippen molar-refractivity contribution in [3.63, 3.8) is 0 Å². The van der Waals surface area contributed by atoms with Crippen LogP contribution in [-0.4, -0.2) is 53.7 Å². The van der Waals surface area contributed by atoms with E-state index in [4.69, 9.17) is 0 Å². The molecule has 2 saturated heterocycles. The first-order valence-corrected chi connectivity index (χ1v) is 10.6. The van der Waals surface area contributed by atoms with Crippen LogP contribution in [0.5, 0.6) is 0 Å². The van der Waals surface area contributed by atoms with Crippen LogP contribution in [0.4, 0.5) is 0 Å². The molecule has 1 aromatic carbocycles. The highest BCUT2D eigenvalue weighted by atomic mass is 16.2. The summed E-state index contributed by atoms with van der Waals surface area (Å²) in [5.74, 6) is -0.101. The molecular weight excluding hydrogens is 366 g/mol. The molecule has 158 valence electrons. The molecule has 0 aromatic heterocycles. The van der Waals surface area contributed by atoms with Crippen LogP contribution in [0.25, 0.3) is 0 Å². The summed E-state index contributed by atoms with van der Waals surface area (Å²) in [5.41, 5.74) is 1.70. The molecule has 2 fully saturated rings. The number of likely N-dealkylation sites (tertiary alicyclic amines) is 1. The molecule has 0 unspecified atom stereocenters. The summed E-state index contributed by atoms with van der Waals surface area (Å²) < 4.78 is 0. The lowest BCUT2D eigenvalue weighted by Gasteiger charge is -2.29. The fourth-order valence-corrected chi connectivity index (χ4v) is 4.24. The summed E-state index contributed by atoms with van der Waals surface area (Å²) in [6.07, 6.45) is 1.32. The minimum atomic E-state index is -0.628. The van der Waals surface area contributed by atoms with Crippen molar-refractivity contribution in [1.82, 2.24) is 15.5 Å². The first-order valence-electron chi connectivity index (χ1n) is 10.6. The number of amides is 2. The zero-order valence-electron chi connectivity index (χ0n) is 18.1. The van der Waals surface area contributed by atoms with Crippen molar-refractivity contribution in [2.75, 3.05) is 13.1 Å². The lowest BCUT2D eigenvalue weighted by atomic mass is 9.86. The minimum Gasteiger partial charge on any atom is -0.340 e. The summed E-state index contributed by atoms with van der Waals surface area (Å²) in [6, 6.07) is 6.57. The minimum absolute atomic E-state index is 0.0132. The van der Waals surface area contributed by atoms with E-state index in [1.807, 2.05) is 38.1 Å². The number of rotatable bonds is 5. The second kappa shape index (κ2) is 8.27.